The fraction of sp³-hybridized carbons (Fsp3) is 0.333. The number of aryl methyl sites for hydroxylation is 1. The van der Waals surface area contributed by atoms with Crippen molar-refractivity contribution in [1.82, 2.24) is 9.71 Å². The monoisotopic (exact) mass is 409 g/mol. The Balaban J connectivity index is 1.88. The highest BCUT2D eigenvalue weighted by atomic mass is 32.2. The summed E-state index contributed by atoms with van der Waals surface area (Å²) in [5, 5.41) is 2.55. The van der Waals surface area contributed by atoms with E-state index in [1.54, 1.807) is 6.92 Å². The van der Waals surface area contributed by atoms with E-state index in [9.17, 15) is 17.6 Å². The molecule has 1 atom stereocenters. The number of aromatic nitrogens is 1. The number of nitrogens with zero attached hydrogens (tertiary/aromatic N) is 1. The van der Waals surface area contributed by atoms with Gasteiger partial charge in [-0.15, -0.1) is 0 Å². The lowest BCUT2D eigenvalue weighted by atomic mass is 10.2. The second-order valence-electron chi connectivity index (χ2n) is 6.32. The molecule has 2 aromatic rings. The van der Waals surface area contributed by atoms with Crippen LogP contribution in [0.15, 0.2) is 35.4 Å². The third kappa shape index (κ3) is 4.46. The van der Waals surface area contributed by atoms with E-state index in [4.69, 9.17) is 9.47 Å². The molecular formula is C18H20FN3O5S. The van der Waals surface area contributed by atoms with Crippen molar-refractivity contribution in [2.75, 3.05) is 25.6 Å². The standard InChI is InChI=1S/C18H20FN3O5S/c1-11-7-12(19)9-20-17(11)21-18(23)15-8-14(3-4-16(15)26-2)28(24,25)22-13-5-6-27-10-13/h3-4,7-9,13,22H,5-6,10H2,1-2H3,(H,20,21,23). The number of pyridine rings is 1. The zero-order chi connectivity index (χ0) is 20.3. The topological polar surface area (TPSA) is 107 Å². The molecule has 1 aliphatic rings. The second kappa shape index (κ2) is 8.21. The van der Waals surface area contributed by atoms with Crippen LogP contribution in [0.3, 0.4) is 0 Å². The van der Waals surface area contributed by atoms with E-state index in [0.717, 1.165) is 6.20 Å². The Labute approximate surface area is 162 Å². The summed E-state index contributed by atoms with van der Waals surface area (Å²) in [6.07, 6.45) is 1.56. The van der Waals surface area contributed by atoms with Crippen LogP contribution in [-0.2, 0) is 14.8 Å². The lowest BCUT2D eigenvalue weighted by Crippen LogP contribution is -2.35. The fourth-order valence-corrected chi connectivity index (χ4v) is 4.07. The Bertz CT molecular complexity index is 991. The Morgan fingerprint density at radius 2 is 2.14 bits per heavy atom. The lowest BCUT2D eigenvalue weighted by Gasteiger charge is -2.14. The summed E-state index contributed by atoms with van der Waals surface area (Å²) in [6.45, 7) is 2.39. The Morgan fingerprint density at radius 1 is 1.36 bits per heavy atom. The molecule has 2 heterocycles. The van der Waals surface area contributed by atoms with Gasteiger partial charge in [0.05, 0.1) is 30.4 Å². The zero-order valence-electron chi connectivity index (χ0n) is 15.4. The summed E-state index contributed by atoms with van der Waals surface area (Å²) in [7, 11) is -2.47. The Kier molecular flexibility index (Phi) is 5.92. The third-order valence-electron chi connectivity index (χ3n) is 4.25. The Morgan fingerprint density at radius 3 is 2.79 bits per heavy atom. The van der Waals surface area contributed by atoms with E-state index >= 15 is 0 Å². The molecule has 150 valence electrons. The van der Waals surface area contributed by atoms with Gasteiger partial charge in [0, 0.05) is 12.6 Å². The molecule has 2 N–H and O–H groups in total. The van der Waals surface area contributed by atoms with Crippen LogP contribution in [0.25, 0.3) is 0 Å². The number of benzene rings is 1. The number of methoxy groups -OCH3 is 1. The molecule has 1 aromatic carbocycles. The van der Waals surface area contributed by atoms with Gasteiger partial charge in [0.1, 0.15) is 17.4 Å². The van der Waals surface area contributed by atoms with Crippen molar-refractivity contribution in [1.29, 1.82) is 0 Å². The van der Waals surface area contributed by atoms with Crippen molar-refractivity contribution in [2.45, 2.75) is 24.3 Å². The molecule has 1 aromatic heterocycles. The summed E-state index contributed by atoms with van der Waals surface area (Å²) < 4.78 is 51.4. The first-order chi connectivity index (χ1) is 13.3. The quantitative estimate of drug-likeness (QED) is 0.754. The van der Waals surface area contributed by atoms with Gasteiger partial charge in [-0.1, -0.05) is 0 Å². The molecule has 1 unspecified atom stereocenters. The summed E-state index contributed by atoms with van der Waals surface area (Å²) in [6, 6.07) is 4.91. The van der Waals surface area contributed by atoms with E-state index < -0.39 is 21.7 Å². The highest BCUT2D eigenvalue weighted by Crippen LogP contribution is 2.24. The summed E-state index contributed by atoms with van der Waals surface area (Å²) in [5.74, 6) is -0.785. The number of ether oxygens (including phenoxy) is 2. The minimum Gasteiger partial charge on any atom is -0.496 e. The van der Waals surface area contributed by atoms with E-state index in [-0.39, 0.29) is 28.1 Å². The maximum absolute atomic E-state index is 13.2. The van der Waals surface area contributed by atoms with E-state index in [1.807, 2.05) is 0 Å². The maximum Gasteiger partial charge on any atom is 0.260 e. The molecule has 0 aliphatic carbocycles. The normalized spacial score (nSPS) is 16.8. The number of halogens is 1. The van der Waals surface area contributed by atoms with Crippen LogP contribution in [-0.4, -0.2) is 45.7 Å². The van der Waals surface area contributed by atoms with Crippen LogP contribution in [0.2, 0.25) is 0 Å². The number of amides is 1. The van der Waals surface area contributed by atoms with Crippen LogP contribution >= 0.6 is 0 Å². The van der Waals surface area contributed by atoms with Gasteiger partial charge in [-0.3, -0.25) is 4.79 Å². The van der Waals surface area contributed by atoms with Crippen LogP contribution < -0.4 is 14.8 Å². The van der Waals surface area contributed by atoms with Crippen LogP contribution in [0.5, 0.6) is 5.75 Å². The number of carbonyl (C=O) groups excluding carboxylic acids is 1. The summed E-state index contributed by atoms with van der Waals surface area (Å²) in [4.78, 5) is 16.5. The first kappa shape index (κ1) is 20.2. The minimum atomic E-state index is -3.84. The number of carbonyl (C=O) groups is 1. The lowest BCUT2D eigenvalue weighted by molar-refractivity contribution is 0.102. The molecule has 10 heteroatoms. The Hall–Kier alpha value is -2.56. The molecule has 8 nitrogen and oxygen atoms in total. The van der Waals surface area contributed by atoms with Crippen molar-refractivity contribution in [3.8, 4) is 5.75 Å². The van der Waals surface area contributed by atoms with Crippen molar-refractivity contribution >= 4 is 21.7 Å². The second-order valence-corrected chi connectivity index (χ2v) is 8.03. The van der Waals surface area contributed by atoms with Crippen molar-refractivity contribution in [2.24, 2.45) is 0 Å². The van der Waals surface area contributed by atoms with Crippen molar-refractivity contribution in [3.63, 3.8) is 0 Å². The molecule has 0 spiro atoms. The van der Waals surface area contributed by atoms with Gasteiger partial charge in [-0.05, 0) is 43.2 Å². The summed E-state index contributed by atoms with van der Waals surface area (Å²) >= 11 is 0. The van der Waals surface area contributed by atoms with Gasteiger partial charge in [0.2, 0.25) is 10.0 Å². The highest BCUT2D eigenvalue weighted by Gasteiger charge is 2.25. The van der Waals surface area contributed by atoms with Gasteiger partial charge in [0.25, 0.3) is 5.91 Å². The van der Waals surface area contributed by atoms with Gasteiger partial charge < -0.3 is 14.8 Å². The first-order valence-corrected chi connectivity index (χ1v) is 10.00. The molecule has 1 amide bonds. The molecule has 3 rings (SSSR count). The van der Waals surface area contributed by atoms with Gasteiger partial charge >= 0.3 is 0 Å². The highest BCUT2D eigenvalue weighted by molar-refractivity contribution is 7.89. The molecular weight excluding hydrogens is 389 g/mol. The third-order valence-corrected chi connectivity index (χ3v) is 5.77. The van der Waals surface area contributed by atoms with Gasteiger partial charge in [-0.2, -0.15) is 0 Å². The predicted molar refractivity (Wildman–Crippen MR) is 99.4 cm³/mol. The van der Waals surface area contributed by atoms with Crippen molar-refractivity contribution < 1.29 is 27.1 Å². The molecule has 1 fully saturated rings. The number of sulfonamides is 1. The van der Waals surface area contributed by atoms with Crippen molar-refractivity contribution in [3.05, 3.63) is 47.4 Å². The average Bonchev–Trinajstić information content (AvgIpc) is 3.15. The number of hydrogen-bond acceptors (Lipinski definition) is 6. The largest absolute Gasteiger partial charge is 0.496 e. The smallest absolute Gasteiger partial charge is 0.260 e. The average molecular weight is 409 g/mol. The fourth-order valence-electron chi connectivity index (χ4n) is 2.79. The molecule has 0 bridgehead atoms. The zero-order valence-corrected chi connectivity index (χ0v) is 16.2. The van der Waals surface area contributed by atoms with E-state index in [1.165, 1.54) is 31.4 Å². The minimum absolute atomic E-state index is 0.0126. The number of rotatable bonds is 6. The van der Waals surface area contributed by atoms with Crippen LogP contribution in [0.1, 0.15) is 22.3 Å². The van der Waals surface area contributed by atoms with E-state index in [2.05, 4.69) is 15.0 Å². The molecule has 28 heavy (non-hydrogen) atoms. The SMILES string of the molecule is COc1ccc(S(=O)(=O)NC2CCOC2)cc1C(=O)Nc1ncc(F)cc1C. The summed E-state index contributed by atoms with van der Waals surface area (Å²) in [5.41, 5.74) is 0.442. The first-order valence-electron chi connectivity index (χ1n) is 8.52. The van der Waals surface area contributed by atoms with E-state index in [0.29, 0.717) is 25.2 Å². The molecule has 1 aliphatic heterocycles. The molecule has 1 saturated heterocycles. The number of hydrogen-bond donors (Lipinski definition) is 2. The maximum atomic E-state index is 13.2. The molecule has 0 saturated carbocycles. The number of nitrogens with one attached hydrogen (secondary N) is 2. The molecule has 0 radical (unpaired) electrons. The van der Waals surface area contributed by atoms with Gasteiger partial charge in [0.15, 0.2) is 0 Å². The van der Waals surface area contributed by atoms with Crippen LogP contribution in [0.4, 0.5) is 10.2 Å². The predicted octanol–water partition coefficient (Wildman–Crippen LogP) is 1.86. The van der Waals surface area contributed by atoms with Crippen LogP contribution in [0, 0.1) is 12.7 Å². The number of anilines is 1. The van der Waals surface area contributed by atoms with Gasteiger partial charge in [-0.25, -0.2) is 22.5 Å².